The standard InChI is InChI=1S/C14H17N3O2S/c1-3-17(4-2)9-11-16-12(13(20-11)14(18)19)10-6-5-7-15-8-10/h5-8H,3-4,9H2,1-2H3,(H,18,19). The fourth-order valence-corrected chi connectivity index (χ4v) is 2.88. The van der Waals surface area contributed by atoms with Crippen molar-refractivity contribution in [1.29, 1.82) is 0 Å². The van der Waals surface area contributed by atoms with Gasteiger partial charge >= 0.3 is 5.97 Å². The molecule has 2 rings (SSSR count). The van der Waals surface area contributed by atoms with Crippen LogP contribution < -0.4 is 0 Å². The highest BCUT2D eigenvalue weighted by Gasteiger charge is 2.19. The van der Waals surface area contributed by atoms with E-state index in [4.69, 9.17) is 0 Å². The first-order valence-corrected chi connectivity index (χ1v) is 7.33. The van der Waals surface area contributed by atoms with Crippen molar-refractivity contribution in [1.82, 2.24) is 14.9 Å². The number of hydrogen-bond acceptors (Lipinski definition) is 5. The van der Waals surface area contributed by atoms with Crippen LogP contribution in [-0.4, -0.2) is 39.0 Å². The summed E-state index contributed by atoms with van der Waals surface area (Å²) < 4.78 is 0. The molecule has 20 heavy (non-hydrogen) atoms. The minimum Gasteiger partial charge on any atom is -0.477 e. The minimum absolute atomic E-state index is 0.278. The molecule has 0 amide bonds. The van der Waals surface area contributed by atoms with Crippen molar-refractivity contribution in [2.24, 2.45) is 0 Å². The summed E-state index contributed by atoms with van der Waals surface area (Å²) in [6, 6.07) is 3.61. The van der Waals surface area contributed by atoms with Gasteiger partial charge in [-0.1, -0.05) is 13.8 Å². The van der Waals surface area contributed by atoms with Crippen molar-refractivity contribution in [3.05, 3.63) is 34.4 Å². The third kappa shape index (κ3) is 3.20. The first kappa shape index (κ1) is 14.6. The molecule has 0 bridgehead atoms. The molecule has 0 unspecified atom stereocenters. The van der Waals surface area contributed by atoms with E-state index in [1.165, 1.54) is 11.3 Å². The van der Waals surface area contributed by atoms with Gasteiger partial charge in [-0.15, -0.1) is 11.3 Å². The van der Waals surface area contributed by atoms with E-state index >= 15 is 0 Å². The molecule has 0 aromatic carbocycles. The molecular weight excluding hydrogens is 274 g/mol. The van der Waals surface area contributed by atoms with Gasteiger partial charge in [-0.2, -0.15) is 0 Å². The van der Waals surface area contributed by atoms with Gasteiger partial charge in [0.15, 0.2) is 0 Å². The van der Waals surface area contributed by atoms with Crippen LogP contribution in [0.2, 0.25) is 0 Å². The van der Waals surface area contributed by atoms with Gasteiger partial charge in [0, 0.05) is 18.0 Å². The third-order valence-corrected chi connectivity index (χ3v) is 4.08. The highest BCUT2D eigenvalue weighted by molar-refractivity contribution is 7.14. The van der Waals surface area contributed by atoms with Crippen molar-refractivity contribution < 1.29 is 9.90 Å². The molecule has 106 valence electrons. The topological polar surface area (TPSA) is 66.3 Å². The van der Waals surface area contributed by atoms with E-state index in [0.29, 0.717) is 12.2 Å². The lowest BCUT2D eigenvalue weighted by Crippen LogP contribution is -2.21. The van der Waals surface area contributed by atoms with Crippen LogP contribution in [-0.2, 0) is 6.54 Å². The van der Waals surface area contributed by atoms with E-state index < -0.39 is 5.97 Å². The number of carbonyl (C=O) groups is 1. The van der Waals surface area contributed by atoms with Gasteiger partial charge in [-0.25, -0.2) is 9.78 Å². The van der Waals surface area contributed by atoms with Gasteiger partial charge < -0.3 is 5.11 Å². The summed E-state index contributed by atoms with van der Waals surface area (Å²) in [7, 11) is 0. The Morgan fingerprint density at radius 2 is 2.15 bits per heavy atom. The number of rotatable bonds is 6. The van der Waals surface area contributed by atoms with Gasteiger partial charge in [0.2, 0.25) is 0 Å². The normalized spacial score (nSPS) is 10.9. The summed E-state index contributed by atoms with van der Waals surface area (Å²) in [6.07, 6.45) is 3.30. The zero-order valence-electron chi connectivity index (χ0n) is 11.5. The zero-order chi connectivity index (χ0) is 14.5. The smallest absolute Gasteiger partial charge is 0.348 e. The van der Waals surface area contributed by atoms with Crippen molar-refractivity contribution in [3.63, 3.8) is 0 Å². The van der Waals surface area contributed by atoms with Gasteiger partial charge in [-0.3, -0.25) is 9.88 Å². The number of pyridine rings is 1. The quantitative estimate of drug-likeness (QED) is 0.886. The van der Waals surface area contributed by atoms with Crippen LogP contribution in [0.3, 0.4) is 0 Å². The lowest BCUT2D eigenvalue weighted by molar-refractivity contribution is 0.0702. The van der Waals surface area contributed by atoms with Crippen LogP contribution in [0.4, 0.5) is 0 Å². The molecule has 5 nitrogen and oxygen atoms in total. The molecule has 6 heteroatoms. The SMILES string of the molecule is CCN(CC)Cc1nc(-c2cccnc2)c(C(=O)O)s1. The van der Waals surface area contributed by atoms with E-state index in [2.05, 4.69) is 28.7 Å². The first-order valence-electron chi connectivity index (χ1n) is 6.51. The first-order chi connectivity index (χ1) is 9.65. The van der Waals surface area contributed by atoms with Gasteiger partial charge in [0.1, 0.15) is 9.88 Å². The fourth-order valence-electron chi connectivity index (χ4n) is 1.91. The predicted molar refractivity (Wildman–Crippen MR) is 78.9 cm³/mol. The second-order valence-corrected chi connectivity index (χ2v) is 5.38. The summed E-state index contributed by atoms with van der Waals surface area (Å²) in [5.74, 6) is -0.938. The van der Waals surface area contributed by atoms with E-state index in [1.807, 2.05) is 6.07 Å². The summed E-state index contributed by atoms with van der Waals surface area (Å²) in [5.41, 5.74) is 1.25. The van der Waals surface area contributed by atoms with E-state index in [0.717, 1.165) is 23.7 Å². The molecule has 0 atom stereocenters. The Labute approximate surface area is 121 Å². The second-order valence-electron chi connectivity index (χ2n) is 4.29. The van der Waals surface area contributed by atoms with Gasteiger partial charge in [0.25, 0.3) is 0 Å². The molecular formula is C14H17N3O2S. The van der Waals surface area contributed by atoms with Crippen molar-refractivity contribution in [3.8, 4) is 11.3 Å². The summed E-state index contributed by atoms with van der Waals surface area (Å²) in [6.45, 7) is 6.67. The van der Waals surface area contributed by atoms with Crippen LogP contribution in [0, 0.1) is 0 Å². The molecule has 0 aliphatic rings. The average Bonchev–Trinajstić information content (AvgIpc) is 2.90. The Morgan fingerprint density at radius 1 is 1.40 bits per heavy atom. The molecule has 1 N–H and O–H groups in total. The van der Waals surface area contributed by atoms with Crippen LogP contribution in [0.1, 0.15) is 28.5 Å². The lowest BCUT2D eigenvalue weighted by atomic mass is 10.2. The van der Waals surface area contributed by atoms with Gasteiger partial charge in [-0.05, 0) is 25.2 Å². The fraction of sp³-hybridized carbons (Fsp3) is 0.357. The predicted octanol–water partition coefficient (Wildman–Crippen LogP) is 2.75. The number of thiazole rings is 1. The highest BCUT2D eigenvalue weighted by Crippen LogP contribution is 2.28. The molecule has 0 fully saturated rings. The van der Waals surface area contributed by atoms with Crippen molar-refractivity contribution >= 4 is 17.3 Å². The number of hydrogen-bond donors (Lipinski definition) is 1. The monoisotopic (exact) mass is 291 g/mol. The molecule has 0 aliphatic heterocycles. The highest BCUT2D eigenvalue weighted by atomic mass is 32.1. The van der Waals surface area contributed by atoms with Crippen LogP contribution in [0.15, 0.2) is 24.5 Å². The summed E-state index contributed by atoms with van der Waals surface area (Å²) >= 11 is 1.24. The third-order valence-electron chi connectivity index (χ3n) is 3.05. The molecule has 0 radical (unpaired) electrons. The Balaban J connectivity index is 2.36. The molecule has 2 aromatic rings. The van der Waals surface area contributed by atoms with Crippen LogP contribution in [0.5, 0.6) is 0 Å². The molecule has 0 saturated heterocycles. The lowest BCUT2D eigenvalue weighted by Gasteiger charge is -2.15. The maximum absolute atomic E-state index is 11.4. The van der Waals surface area contributed by atoms with E-state index in [1.54, 1.807) is 18.5 Å². The molecule has 2 heterocycles. The average molecular weight is 291 g/mol. The van der Waals surface area contributed by atoms with E-state index in [-0.39, 0.29) is 4.88 Å². The number of carboxylic acids is 1. The summed E-state index contributed by atoms with van der Waals surface area (Å²) in [4.78, 5) is 22.4. The van der Waals surface area contributed by atoms with Crippen molar-refractivity contribution in [2.75, 3.05) is 13.1 Å². The number of aromatic nitrogens is 2. The van der Waals surface area contributed by atoms with Crippen LogP contribution in [0.25, 0.3) is 11.3 Å². The number of carboxylic acid groups (broad SMARTS) is 1. The molecule has 0 spiro atoms. The van der Waals surface area contributed by atoms with Gasteiger partial charge in [0.05, 0.1) is 12.2 Å². The Kier molecular flexibility index (Phi) is 4.81. The Morgan fingerprint density at radius 3 is 2.70 bits per heavy atom. The largest absolute Gasteiger partial charge is 0.477 e. The Hall–Kier alpha value is -1.79. The minimum atomic E-state index is -0.938. The number of aromatic carboxylic acids is 1. The molecule has 0 saturated carbocycles. The molecule has 0 aliphatic carbocycles. The second kappa shape index (κ2) is 6.58. The Bertz CT molecular complexity index is 579. The zero-order valence-corrected chi connectivity index (χ0v) is 12.4. The maximum Gasteiger partial charge on any atom is 0.348 e. The summed E-state index contributed by atoms with van der Waals surface area (Å²) in [5, 5.41) is 10.1. The maximum atomic E-state index is 11.4. The van der Waals surface area contributed by atoms with E-state index in [9.17, 15) is 9.90 Å². The molecule has 2 aromatic heterocycles. The number of nitrogens with zero attached hydrogens (tertiary/aromatic N) is 3. The van der Waals surface area contributed by atoms with Crippen molar-refractivity contribution in [2.45, 2.75) is 20.4 Å². The van der Waals surface area contributed by atoms with Crippen LogP contribution >= 0.6 is 11.3 Å².